The zero-order valence-corrected chi connectivity index (χ0v) is 12.7. The summed E-state index contributed by atoms with van der Waals surface area (Å²) < 4.78 is 7.45. The van der Waals surface area contributed by atoms with Gasteiger partial charge >= 0.3 is 0 Å². The van der Waals surface area contributed by atoms with Crippen molar-refractivity contribution in [2.45, 2.75) is 32.7 Å². The largest absolute Gasteiger partial charge is 0.384 e. The van der Waals surface area contributed by atoms with Gasteiger partial charge in [0.1, 0.15) is 5.82 Å². The highest BCUT2D eigenvalue weighted by Crippen LogP contribution is 2.27. The van der Waals surface area contributed by atoms with Crippen LogP contribution in [0, 0.1) is 12.8 Å². The topological polar surface area (TPSA) is 27.1 Å². The second-order valence-corrected chi connectivity index (χ2v) is 5.85. The number of alkyl halides is 1. The predicted molar refractivity (Wildman–Crippen MR) is 79.8 cm³/mol. The number of hydrogen-bond donors (Lipinski definition) is 0. The average molecular weight is 281 g/mol. The Labute approximate surface area is 119 Å². The van der Waals surface area contributed by atoms with E-state index >= 15 is 0 Å². The first-order valence-electron chi connectivity index (χ1n) is 6.63. The van der Waals surface area contributed by atoms with Crippen LogP contribution in [0.2, 0.25) is 0 Å². The van der Waals surface area contributed by atoms with E-state index in [1.807, 2.05) is 6.92 Å². The number of aromatic nitrogens is 2. The van der Waals surface area contributed by atoms with Crippen LogP contribution in [0.1, 0.15) is 30.6 Å². The fraction of sp³-hybridized carbons (Fsp3) is 0.533. The van der Waals surface area contributed by atoms with Gasteiger partial charge in [-0.05, 0) is 31.4 Å². The van der Waals surface area contributed by atoms with Crippen LogP contribution in [0.4, 0.5) is 0 Å². The maximum Gasteiger partial charge on any atom is 0.127 e. The molecule has 0 fully saturated rings. The van der Waals surface area contributed by atoms with Crippen LogP contribution in [0.15, 0.2) is 18.2 Å². The second-order valence-electron chi connectivity index (χ2n) is 5.20. The lowest BCUT2D eigenvalue weighted by molar-refractivity contribution is 0.151. The minimum atomic E-state index is -0.0958. The van der Waals surface area contributed by atoms with E-state index in [4.69, 9.17) is 21.3 Å². The van der Waals surface area contributed by atoms with E-state index in [-0.39, 0.29) is 5.38 Å². The van der Waals surface area contributed by atoms with Crippen LogP contribution in [0.5, 0.6) is 0 Å². The summed E-state index contributed by atoms with van der Waals surface area (Å²) in [5.41, 5.74) is 3.40. The molecule has 0 amide bonds. The van der Waals surface area contributed by atoms with Crippen LogP contribution in [0.25, 0.3) is 11.0 Å². The fourth-order valence-corrected chi connectivity index (χ4v) is 2.62. The second kappa shape index (κ2) is 5.93. The molecule has 19 heavy (non-hydrogen) atoms. The van der Waals surface area contributed by atoms with Gasteiger partial charge in [-0.1, -0.05) is 19.1 Å². The SMILES string of the molecule is COCC(C)Cn1c(C(C)Cl)nc2c(C)cccc21. The molecule has 1 heterocycles. The van der Waals surface area contributed by atoms with Crippen molar-refractivity contribution in [1.82, 2.24) is 9.55 Å². The van der Waals surface area contributed by atoms with Crippen molar-refractivity contribution in [1.29, 1.82) is 0 Å². The molecule has 0 aliphatic rings. The van der Waals surface area contributed by atoms with Gasteiger partial charge in [-0.25, -0.2) is 4.98 Å². The van der Waals surface area contributed by atoms with Gasteiger partial charge in [0, 0.05) is 13.7 Å². The van der Waals surface area contributed by atoms with E-state index in [1.165, 1.54) is 5.56 Å². The number of halogens is 1. The molecule has 0 N–H and O–H groups in total. The van der Waals surface area contributed by atoms with Crippen molar-refractivity contribution in [3.05, 3.63) is 29.6 Å². The molecule has 4 heteroatoms. The average Bonchev–Trinajstić information content (AvgIpc) is 2.70. The van der Waals surface area contributed by atoms with E-state index in [9.17, 15) is 0 Å². The summed E-state index contributed by atoms with van der Waals surface area (Å²) >= 11 is 6.28. The molecule has 104 valence electrons. The lowest BCUT2D eigenvalue weighted by Crippen LogP contribution is -2.15. The summed E-state index contributed by atoms with van der Waals surface area (Å²) in [5.74, 6) is 1.37. The van der Waals surface area contributed by atoms with Gasteiger partial charge in [-0.3, -0.25) is 0 Å². The number of rotatable bonds is 5. The maximum absolute atomic E-state index is 6.28. The van der Waals surface area contributed by atoms with Crippen molar-refractivity contribution in [3.63, 3.8) is 0 Å². The molecule has 3 nitrogen and oxygen atoms in total. The number of imidazole rings is 1. The number of para-hydroxylation sites is 1. The third kappa shape index (κ3) is 2.93. The Morgan fingerprint density at radius 3 is 2.74 bits per heavy atom. The highest BCUT2D eigenvalue weighted by Gasteiger charge is 2.17. The molecule has 0 saturated heterocycles. The minimum Gasteiger partial charge on any atom is -0.384 e. The molecular weight excluding hydrogens is 260 g/mol. The van der Waals surface area contributed by atoms with Crippen molar-refractivity contribution >= 4 is 22.6 Å². The smallest absolute Gasteiger partial charge is 0.127 e. The van der Waals surface area contributed by atoms with E-state index in [0.29, 0.717) is 5.92 Å². The highest BCUT2D eigenvalue weighted by molar-refractivity contribution is 6.20. The maximum atomic E-state index is 6.28. The molecule has 1 aromatic carbocycles. The Morgan fingerprint density at radius 1 is 1.37 bits per heavy atom. The first-order valence-corrected chi connectivity index (χ1v) is 7.07. The molecule has 0 aliphatic carbocycles. The molecule has 2 unspecified atom stereocenters. The summed E-state index contributed by atoms with van der Waals surface area (Å²) in [6, 6.07) is 6.26. The first-order chi connectivity index (χ1) is 9.04. The monoisotopic (exact) mass is 280 g/mol. The van der Waals surface area contributed by atoms with Gasteiger partial charge in [-0.2, -0.15) is 0 Å². The molecule has 0 spiro atoms. The normalized spacial score (nSPS) is 14.8. The van der Waals surface area contributed by atoms with Crippen molar-refractivity contribution in [3.8, 4) is 0 Å². The third-order valence-corrected chi connectivity index (χ3v) is 3.51. The predicted octanol–water partition coefficient (Wildman–Crippen LogP) is 3.93. The van der Waals surface area contributed by atoms with Crippen LogP contribution in [0.3, 0.4) is 0 Å². The number of benzene rings is 1. The number of methoxy groups -OCH3 is 1. The number of nitrogens with zero attached hydrogens (tertiary/aromatic N) is 2. The van der Waals surface area contributed by atoms with E-state index < -0.39 is 0 Å². The minimum absolute atomic E-state index is 0.0958. The molecule has 1 aromatic heterocycles. The van der Waals surface area contributed by atoms with Crippen molar-refractivity contribution < 1.29 is 4.74 Å². The van der Waals surface area contributed by atoms with Gasteiger partial charge in [0.05, 0.1) is 23.0 Å². The molecule has 2 rings (SSSR count). The Kier molecular flexibility index (Phi) is 4.48. The summed E-state index contributed by atoms with van der Waals surface area (Å²) in [4.78, 5) is 4.72. The molecular formula is C15H21ClN2O. The Balaban J connectivity index is 2.49. The number of fused-ring (bicyclic) bond motifs is 1. The number of hydrogen-bond acceptors (Lipinski definition) is 2. The molecule has 2 aromatic rings. The summed E-state index contributed by atoms with van der Waals surface area (Å²) in [7, 11) is 1.73. The first kappa shape index (κ1) is 14.4. The lowest BCUT2D eigenvalue weighted by atomic mass is 10.1. The molecule has 0 bridgehead atoms. The molecule has 0 saturated carbocycles. The quantitative estimate of drug-likeness (QED) is 0.776. The summed E-state index contributed by atoms with van der Waals surface area (Å²) in [6.45, 7) is 7.84. The zero-order chi connectivity index (χ0) is 14.0. The van der Waals surface area contributed by atoms with Gasteiger partial charge in [0.2, 0.25) is 0 Å². The number of ether oxygens (including phenoxy) is 1. The highest BCUT2D eigenvalue weighted by atomic mass is 35.5. The van der Waals surface area contributed by atoms with Crippen LogP contribution < -0.4 is 0 Å². The standard InChI is InChI=1S/C15H21ClN2O/c1-10(9-19-4)8-18-13-7-5-6-11(2)14(13)17-15(18)12(3)16/h5-7,10,12H,8-9H2,1-4H3. The van der Waals surface area contributed by atoms with Gasteiger partial charge in [-0.15, -0.1) is 11.6 Å². The van der Waals surface area contributed by atoms with E-state index in [1.54, 1.807) is 7.11 Å². The molecule has 0 radical (unpaired) electrons. The summed E-state index contributed by atoms with van der Waals surface area (Å²) in [5, 5.41) is -0.0958. The number of aryl methyl sites for hydroxylation is 1. The Hall–Kier alpha value is -1.06. The molecule has 2 atom stereocenters. The van der Waals surface area contributed by atoms with Crippen LogP contribution in [-0.2, 0) is 11.3 Å². The fourth-order valence-electron chi connectivity index (χ4n) is 2.45. The van der Waals surface area contributed by atoms with E-state index in [2.05, 4.69) is 36.6 Å². The van der Waals surface area contributed by atoms with Crippen molar-refractivity contribution in [2.75, 3.05) is 13.7 Å². The van der Waals surface area contributed by atoms with Gasteiger partial charge in [0.15, 0.2) is 0 Å². The van der Waals surface area contributed by atoms with Crippen molar-refractivity contribution in [2.24, 2.45) is 5.92 Å². The van der Waals surface area contributed by atoms with Gasteiger partial charge in [0.25, 0.3) is 0 Å². The van der Waals surface area contributed by atoms with E-state index in [0.717, 1.165) is 30.0 Å². The summed E-state index contributed by atoms with van der Waals surface area (Å²) in [6.07, 6.45) is 0. The molecule has 0 aliphatic heterocycles. The Morgan fingerprint density at radius 2 is 2.11 bits per heavy atom. The van der Waals surface area contributed by atoms with Crippen LogP contribution >= 0.6 is 11.6 Å². The van der Waals surface area contributed by atoms with Crippen LogP contribution in [-0.4, -0.2) is 23.3 Å². The lowest BCUT2D eigenvalue weighted by Gasteiger charge is -2.15. The Bertz CT molecular complexity index is 563. The van der Waals surface area contributed by atoms with Gasteiger partial charge < -0.3 is 9.30 Å². The zero-order valence-electron chi connectivity index (χ0n) is 12.0. The third-order valence-electron chi connectivity index (χ3n) is 3.31.